The summed E-state index contributed by atoms with van der Waals surface area (Å²) in [6.45, 7) is 2.55. The lowest BCUT2D eigenvalue weighted by atomic mass is 10.2. The van der Waals surface area contributed by atoms with Gasteiger partial charge in [0.1, 0.15) is 5.75 Å². The van der Waals surface area contributed by atoms with Crippen molar-refractivity contribution < 1.29 is 18.9 Å². The van der Waals surface area contributed by atoms with Crippen molar-refractivity contribution in [3.63, 3.8) is 0 Å². The van der Waals surface area contributed by atoms with Crippen molar-refractivity contribution >= 4 is 18.4 Å². The number of nitrogens with one attached hydrogen (secondary N) is 2. The first-order chi connectivity index (χ1) is 14.6. The van der Waals surface area contributed by atoms with Crippen LogP contribution in [0.4, 0.5) is 0 Å². The van der Waals surface area contributed by atoms with E-state index in [0.29, 0.717) is 34.5 Å². The predicted molar refractivity (Wildman–Crippen MR) is 117 cm³/mol. The van der Waals surface area contributed by atoms with E-state index in [4.69, 9.17) is 31.2 Å². The minimum absolute atomic E-state index is 0.376. The number of H-pyrrole nitrogens is 1. The normalized spacial score (nSPS) is 10.8. The second-order valence-electron chi connectivity index (χ2n) is 5.96. The molecule has 0 amide bonds. The molecule has 1 aromatic heterocycles. The summed E-state index contributed by atoms with van der Waals surface area (Å²) >= 11 is 5.31. The van der Waals surface area contributed by atoms with Crippen molar-refractivity contribution in [1.29, 1.82) is 0 Å². The van der Waals surface area contributed by atoms with Crippen LogP contribution in [0, 0.1) is 4.77 Å². The maximum atomic E-state index is 5.48. The Labute approximate surface area is 179 Å². The van der Waals surface area contributed by atoms with Crippen LogP contribution in [0.5, 0.6) is 23.0 Å². The van der Waals surface area contributed by atoms with Gasteiger partial charge in [-0.15, -0.1) is 0 Å². The summed E-state index contributed by atoms with van der Waals surface area (Å²) < 4.78 is 23.5. The van der Waals surface area contributed by atoms with Gasteiger partial charge < -0.3 is 18.9 Å². The standard InChI is InChI=1S/C20H23N5O4S/c1-5-29-15-8-6-14(7-9-15)19-22-23-20(30)25(19)24-21-12-13-10-16(26-2)18(28-4)17(11-13)27-3/h6-12,24H,5H2,1-4H3,(H,23,30)/b21-12+. The van der Waals surface area contributed by atoms with Crippen LogP contribution in [0.2, 0.25) is 0 Å². The third-order valence-corrected chi connectivity index (χ3v) is 4.43. The molecule has 0 unspecified atom stereocenters. The van der Waals surface area contributed by atoms with E-state index in [9.17, 15) is 0 Å². The molecule has 30 heavy (non-hydrogen) atoms. The van der Waals surface area contributed by atoms with Gasteiger partial charge in [-0.3, -0.25) is 0 Å². The SMILES string of the molecule is CCOc1ccc(-c2n[nH]c(=S)n2N/N=C/c2cc(OC)c(OC)c(OC)c2)cc1. The smallest absolute Gasteiger partial charge is 0.216 e. The van der Waals surface area contributed by atoms with Crippen molar-refractivity contribution in [2.75, 3.05) is 33.5 Å². The molecule has 0 radical (unpaired) electrons. The Hall–Kier alpha value is -3.53. The summed E-state index contributed by atoms with van der Waals surface area (Å²) in [4.78, 5) is 0. The second kappa shape index (κ2) is 9.79. The number of hydrazone groups is 1. The van der Waals surface area contributed by atoms with E-state index in [0.717, 1.165) is 16.9 Å². The molecule has 0 saturated heterocycles. The number of nitrogens with zero attached hydrogens (tertiary/aromatic N) is 3. The van der Waals surface area contributed by atoms with Crippen molar-refractivity contribution in [2.24, 2.45) is 5.10 Å². The van der Waals surface area contributed by atoms with E-state index in [1.54, 1.807) is 44.4 Å². The van der Waals surface area contributed by atoms with E-state index in [1.165, 1.54) is 0 Å². The number of methoxy groups -OCH3 is 3. The highest BCUT2D eigenvalue weighted by Gasteiger charge is 2.12. The average molecular weight is 430 g/mol. The van der Waals surface area contributed by atoms with Gasteiger partial charge >= 0.3 is 0 Å². The van der Waals surface area contributed by atoms with Crippen LogP contribution in [0.15, 0.2) is 41.5 Å². The molecule has 3 rings (SSSR count). The zero-order valence-corrected chi connectivity index (χ0v) is 17.9. The Bertz CT molecular complexity index is 1050. The fraction of sp³-hybridized carbons (Fsp3) is 0.250. The van der Waals surface area contributed by atoms with Gasteiger partial charge in [-0.1, -0.05) is 0 Å². The molecule has 0 bridgehead atoms. The van der Waals surface area contributed by atoms with Gasteiger partial charge in [-0.05, 0) is 55.5 Å². The Balaban J connectivity index is 1.84. The number of aromatic amines is 1. The highest BCUT2D eigenvalue weighted by Crippen LogP contribution is 2.37. The first-order valence-corrected chi connectivity index (χ1v) is 9.51. The molecule has 9 nitrogen and oxygen atoms in total. The minimum Gasteiger partial charge on any atom is -0.494 e. The third-order valence-electron chi connectivity index (χ3n) is 4.15. The third kappa shape index (κ3) is 4.54. The Morgan fingerprint density at radius 2 is 1.77 bits per heavy atom. The molecule has 0 atom stereocenters. The van der Waals surface area contributed by atoms with Gasteiger partial charge in [0.15, 0.2) is 17.3 Å². The average Bonchev–Trinajstić information content (AvgIpc) is 3.14. The highest BCUT2D eigenvalue weighted by atomic mass is 32.1. The topological polar surface area (TPSA) is 94.9 Å². The number of aromatic nitrogens is 3. The van der Waals surface area contributed by atoms with Gasteiger partial charge in [0.2, 0.25) is 10.5 Å². The number of benzene rings is 2. The first-order valence-electron chi connectivity index (χ1n) is 9.11. The number of hydrogen-bond acceptors (Lipinski definition) is 8. The molecule has 158 valence electrons. The van der Waals surface area contributed by atoms with Gasteiger partial charge in [0.25, 0.3) is 0 Å². The molecule has 0 aliphatic carbocycles. The lowest BCUT2D eigenvalue weighted by Gasteiger charge is -2.12. The van der Waals surface area contributed by atoms with Crippen LogP contribution < -0.4 is 24.5 Å². The first kappa shape index (κ1) is 21.2. The van der Waals surface area contributed by atoms with Gasteiger partial charge in [0, 0.05) is 11.1 Å². The predicted octanol–water partition coefficient (Wildman–Crippen LogP) is 3.61. The van der Waals surface area contributed by atoms with Crippen LogP contribution in [0.25, 0.3) is 11.4 Å². The molecule has 0 aliphatic rings. The van der Waals surface area contributed by atoms with Crippen LogP contribution in [0.3, 0.4) is 0 Å². The quantitative estimate of drug-likeness (QED) is 0.305. The Morgan fingerprint density at radius 1 is 1.10 bits per heavy atom. The van der Waals surface area contributed by atoms with E-state index >= 15 is 0 Å². The van der Waals surface area contributed by atoms with Gasteiger partial charge in [-0.2, -0.15) is 14.9 Å². The number of rotatable bonds is 9. The summed E-state index contributed by atoms with van der Waals surface area (Å²) in [5.74, 6) is 2.96. The van der Waals surface area contributed by atoms with E-state index in [-0.39, 0.29) is 0 Å². The molecule has 2 N–H and O–H groups in total. The number of ether oxygens (including phenoxy) is 4. The largest absolute Gasteiger partial charge is 0.494 e. The lowest BCUT2D eigenvalue weighted by Crippen LogP contribution is -2.10. The van der Waals surface area contributed by atoms with Crippen molar-refractivity contribution in [3.05, 3.63) is 46.7 Å². The summed E-state index contributed by atoms with van der Waals surface area (Å²) in [6, 6.07) is 11.1. The Kier molecular flexibility index (Phi) is 6.91. The fourth-order valence-corrected chi connectivity index (χ4v) is 2.96. The summed E-state index contributed by atoms with van der Waals surface area (Å²) in [5.41, 5.74) is 4.49. The maximum absolute atomic E-state index is 5.48. The van der Waals surface area contributed by atoms with Crippen LogP contribution in [0.1, 0.15) is 12.5 Å². The molecule has 2 aromatic carbocycles. The molecule has 0 aliphatic heterocycles. The van der Waals surface area contributed by atoms with Crippen molar-refractivity contribution in [3.8, 4) is 34.4 Å². The van der Waals surface area contributed by atoms with E-state index in [1.807, 2.05) is 31.2 Å². The summed E-state index contributed by atoms with van der Waals surface area (Å²) in [5, 5.41) is 11.3. The fourth-order valence-electron chi connectivity index (χ4n) is 2.79. The van der Waals surface area contributed by atoms with Gasteiger partial charge in [-0.25, -0.2) is 10.6 Å². The van der Waals surface area contributed by atoms with E-state index in [2.05, 4.69) is 20.8 Å². The molecule has 0 fully saturated rings. The summed E-state index contributed by atoms with van der Waals surface area (Å²) in [6.07, 6.45) is 1.61. The van der Waals surface area contributed by atoms with Gasteiger partial charge in [0.05, 0.1) is 34.2 Å². The molecular weight excluding hydrogens is 406 g/mol. The Morgan fingerprint density at radius 3 is 2.33 bits per heavy atom. The summed E-state index contributed by atoms with van der Waals surface area (Å²) in [7, 11) is 4.67. The molecule has 10 heteroatoms. The molecular formula is C20H23N5O4S. The minimum atomic E-state index is 0.376. The molecule has 0 spiro atoms. The highest BCUT2D eigenvalue weighted by molar-refractivity contribution is 7.71. The molecule has 3 aromatic rings. The molecule has 1 heterocycles. The lowest BCUT2D eigenvalue weighted by molar-refractivity contribution is 0.324. The van der Waals surface area contributed by atoms with E-state index < -0.39 is 0 Å². The maximum Gasteiger partial charge on any atom is 0.216 e. The zero-order valence-electron chi connectivity index (χ0n) is 17.1. The zero-order chi connectivity index (χ0) is 21.5. The van der Waals surface area contributed by atoms with Crippen molar-refractivity contribution in [1.82, 2.24) is 14.9 Å². The monoisotopic (exact) mass is 429 g/mol. The van der Waals surface area contributed by atoms with Crippen LogP contribution in [-0.2, 0) is 0 Å². The molecule has 0 saturated carbocycles. The second-order valence-corrected chi connectivity index (χ2v) is 6.35. The van der Waals surface area contributed by atoms with Crippen molar-refractivity contribution in [2.45, 2.75) is 6.92 Å². The van der Waals surface area contributed by atoms with Crippen LogP contribution in [-0.4, -0.2) is 49.0 Å². The number of hydrogen-bond donors (Lipinski definition) is 2. The van der Waals surface area contributed by atoms with Crippen LogP contribution >= 0.6 is 12.2 Å².